The number of aryl methyl sites for hydroxylation is 1. The van der Waals surface area contributed by atoms with E-state index in [1.807, 2.05) is 25.1 Å². The highest BCUT2D eigenvalue weighted by atomic mass is 35.5. The minimum atomic E-state index is -3.64. The van der Waals surface area contributed by atoms with Crippen molar-refractivity contribution in [2.45, 2.75) is 76.3 Å². The summed E-state index contributed by atoms with van der Waals surface area (Å²) < 4.78 is 41.4. The van der Waals surface area contributed by atoms with Crippen LogP contribution in [0.15, 0.2) is 65.3 Å². The van der Waals surface area contributed by atoms with Gasteiger partial charge in [0.2, 0.25) is 0 Å². The van der Waals surface area contributed by atoms with Crippen molar-refractivity contribution in [3.8, 4) is 5.75 Å². The second-order valence-corrected chi connectivity index (χ2v) is 17.3. The van der Waals surface area contributed by atoms with Gasteiger partial charge in [-0.15, -0.1) is 4.36 Å². The molecule has 1 saturated carbocycles. The van der Waals surface area contributed by atoms with E-state index in [0.29, 0.717) is 55.4 Å². The van der Waals surface area contributed by atoms with Gasteiger partial charge in [0.15, 0.2) is 0 Å². The van der Waals surface area contributed by atoms with Gasteiger partial charge in [0, 0.05) is 37.0 Å². The number of ether oxygens (including phenoxy) is 3. The third kappa shape index (κ3) is 7.81. The molecule has 6 atom stereocenters. The molecule has 3 aromatic rings. The predicted octanol–water partition coefficient (Wildman–Crippen LogP) is 6.81. The van der Waals surface area contributed by atoms with Crippen molar-refractivity contribution in [1.29, 1.82) is 0 Å². The first-order valence-electron chi connectivity index (χ1n) is 18.3. The molecule has 52 heavy (non-hydrogen) atoms. The molecule has 278 valence electrons. The second-order valence-electron chi connectivity index (χ2n) is 14.6. The molecular formula is C39H48ClN5O6S. The summed E-state index contributed by atoms with van der Waals surface area (Å²) in [5, 5.41) is 4.35. The average molecular weight is 750 g/mol. The molecule has 0 radical (unpaired) electrons. The van der Waals surface area contributed by atoms with Crippen molar-refractivity contribution in [3.63, 3.8) is 0 Å². The Labute approximate surface area is 311 Å². The minimum absolute atomic E-state index is 0.0475. The van der Waals surface area contributed by atoms with E-state index >= 15 is 0 Å². The van der Waals surface area contributed by atoms with Crippen LogP contribution in [-0.2, 0) is 32.4 Å². The van der Waals surface area contributed by atoms with Gasteiger partial charge < -0.3 is 19.1 Å². The Kier molecular flexibility index (Phi) is 11.1. The highest BCUT2D eigenvalue weighted by Gasteiger charge is 2.38. The first-order chi connectivity index (χ1) is 25.1. The standard InChI is InChI=1S/C39H48ClN5O6S/c1-25-7-6-9-36(49-3)34-14-11-30(34)21-44-20-29-10-13-32(40)17-27(29)8-4-5-16-51-37-15-12-28(18-35(37)44)38(46)42-52(48,26(25)2)43-39(47)31-19-41-45(22-31)33-23-50-24-33/h6,9-10,12-13,15,17-19,22,25-26,30,33-34,36H,4-5,7-8,11,14,16,20-21,23-24H2,1-3H3,(H,42,43,46,47,48)/b9-6+/t25-,26+,30-,34+,36-,52?/m0/s1. The number of hydrogen-bond acceptors (Lipinski definition) is 8. The summed E-state index contributed by atoms with van der Waals surface area (Å²) in [6.45, 7) is 6.62. The number of hydrogen-bond donors (Lipinski definition) is 1. The lowest BCUT2D eigenvalue weighted by molar-refractivity contribution is -0.0286. The molecule has 1 N–H and O–H groups in total. The van der Waals surface area contributed by atoms with Crippen LogP contribution < -0.4 is 14.4 Å². The van der Waals surface area contributed by atoms with Gasteiger partial charge >= 0.3 is 0 Å². The number of halogens is 1. The molecule has 1 saturated heterocycles. The Bertz CT molecular complexity index is 1950. The first kappa shape index (κ1) is 36.6. The van der Waals surface area contributed by atoms with Crippen LogP contribution in [-0.4, -0.2) is 70.6 Å². The van der Waals surface area contributed by atoms with Gasteiger partial charge in [0.05, 0.1) is 54.7 Å². The summed E-state index contributed by atoms with van der Waals surface area (Å²) >= 11 is 6.48. The number of fused-ring (bicyclic) bond motifs is 3. The van der Waals surface area contributed by atoms with Crippen LogP contribution in [0.1, 0.15) is 83.8 Å². The fourth-order valence-corrected chi connectivity index (χ4v) is 9.59. The normalized spacial score (nSPS) is 29.1. The smallest absolute Gasteiger partial charge is 0.286 e. The molecule has 1 unspecified atom stereocenters. The van der Waals surface area contributed by atoms with Gasteiger partial charge in [-0.25, -0.2) is 4.21 Å². The summed E-state index contributed by atoms with van der Waals surface area (Å²) in [5.41, 5.74) is 3.66. The number of allylic oxidation sites excluding steroid dienone is 1. The molecule has 2 amide bonds. The molecule has 4 aliphatic rings. The number of aromatic nitrogens is 2. The van der Waals surface area contributed by atoms with Gasteiger partial charge in [0.1, 0.15) is 15.7 Å². The molecule has 2 bridgehead atoms. The maximum Gasteiger partial charge on any atom is 0.286 e. The van der Waals surface area contributed by atoms with E-state index in [0.717, 1.165) is 44.3 Å². The molecule has 1 aromatic heterocycles. The minimum Gasteiger partial charge on any atom is -0.491 e. The molecule has 4 heterocycles. The summed E-state index contributed by atoms with van der Waals surface area (Å²) in [6.07, 6.45) is 12.5. The Morgan fingerprint density at radius 2 is 1.94 bits per heavy atom. The monoisotopic (exact) mass is 749 g/mol. The number of nitrogens with one attached hydrogen (secondary N) is 1. The van der Waals surface area contributed by atoms with Crippen LogP contribution in [0, 0.1) is 17.8 Å². The number of carbonyl (C=O) groups excluding carboxylic acids is 2. The zero-order valence-electron chi connectivity index (χ0n) is 30.0. The van der Waals surface area contributed by atoms with Crippen molar-refractivity contribution in [2.24, 2.45) is 22.1 Å². The molecule has 1 aliphatic carbocycles. The van der Waals surface area contributed by atoms with E-state index in [1.165, 1.54) is 17.3 Å². The third-order valence-corrected chi connectivity index (χ3v) is 13.9. The molecule has 3 aliphatic heterocycles. The quantitative estimate of drug-likeness (QED) is 0.289. The van der Waals surface area contributed by atoms with Crippen molar-refractivity contribution >= 4 is 39.0 Å². The van der Waals surface area contributed by atoms with Crippen molar-refractivity contribution in [3.05, 3.63) is 88.2 Å². The van der Waals surface area contributed by atoms with Crippen molar-refractivity contribution in [2.75, 3.05) is 38.4 Å². The SMILES string of the molecule is CO[C@H]1/C=C/C[C@H](C)[C@@H](C)S(=O)(NC(=O)c2cnn(C3COC3)c2)=NC(=O)c2ccc3c(c2)N(Cc2ccc(Cl)cc2CCCCO3)C[C@@H]2CC[C@H]21. The lowest BCUT2D eigenvalue weighted by atomic mass is 9.70. The van der Waals surface area contributed by atoms with Gasteiger partial charge in [-0.2, -0.15) is 5.10 Å². The highest BCUT2D eigenvalue weighted by molar-refractivity contribution is 7.93. The van der Waals surface area contributed by atoms with Crippen LogP contribution in [0.3, 0.4) is 0 Å². The molecule has 2 fully saturated rings. The number of anilines is 1. The number of benzene rings is 2. The summed E-state index contributed by atoms with van der Waals surface area (Å²) in [6, 6.07) is 11.4. The van der Waals surface area contributed by atoms with Gasteiger partial charge in [-0.05, 0) is 105 Å². The van der Waals surface area contributed by atoms with E-state index in [9.17, 15) is 13.8 Å². The average Bonchev–Trinajstić information content (AvgIpc) is 3.56. The zero-order valence-corrected chi connectivity index (χ0v) is 31.6. The topological polar surface area (TPSA) is 124 Å². The Hall–Kier alpha value is -3.71. The molecule has 13 heteroatoms. The largest absolute Gasteiger partial charge is 0.491 e. The van der Waals surface area contributed by atoms with Gasteiger partial charge in [0.25, 0.3) is 11.8 Å². The fourth-order valence-electron chi connectivity index (χ4n) is 7.52. The summed E-state index contributed by atoms with van der Waals surface area (Å²) in [7, 11) is -1.88. The van der Waals surface area contributed by atoms with Crippen LogP contribution in [0.25, 0.3) is 0 Å². The van der Waals surface area contributed by atoms with E-state index in [2.05, 4.69) is 43.4 Å². The number of rotatable bonds is 4. The molecule has 7 rings (SSSR count). The molecule has 11 nitrogen and oxygen atoms in total. The van der Waals surface area contributed by atoms with Crippen molar-refractivity contribution in [1.82, 2.24) is 14.5 Å². The lowest BCUT2D eigenvalue weighted by Crippen LogP contribution is -2.43. The molecule has 0 spiro atoms. The number of methoxy groups -OCH3 is 1. The Morgan fingerprint density at radius 1 is 1.10 bits per heavy atom. The van der Waals surface area contributed by atoms with Gasteiger partial charge in [-0.1, -0.05) is 36.7 Å². The van der Waals surface area contributed by atoms with E-state index < -0.39 is 27.0 Å². The number of nitrogens with zero attached hydrogens (tertiary/aromatic N) is 4. The zero-order chi connectivity index (χ0) is 36.4. The van der Waals surface area contributed by atoms with E-state index in [1.54, 1.807) is 31.0 Å². The summed E-state index contributed by atoms with van der Waals surface area (Å²) in [4.78, 5) is 30.1. The number of amides is 2. The van der Waals surface area contributed by atoms with Gasteiger partial charge in [-0.3, -0.25) is 19.0 Å². The molecular weight excluding hydrogens is 702 g/mol. The maximum atomic E-state index is 14.9. The Balaban J connectivity index is 1.31. The van der Waals surface area contributed by atoms with Crippen LogP contribution in [0.4, 0.5) is 5.69 Å². The third-order valence-electron chi connectivity index (χ3n) is 11.3. The predicted molar refractivity (Wildman–Crippen MR) is 201 cm³/mol. The first-order valence-corrected chi connectivity index (χ1v) is 20.3. The maximum absolute atomic E-state index is 14.9. The van der Waals surface area contributed by atoms with Crippen molar-refractivity contribution < 1.29 is 28.0 Å². The van der Waals surface area contributed by atoms with Crippen LogP contribution in [0.2, 0.25) is 5.02 Å². The van der Waals surface area contributed by atoms with E-state index in [4.69, 9.17) is 25.8 Å². The highest BCUT2D eigenvalue weighted by Crippen LogP contribution is 2.42. The summed E-state index contributed by atoms with van der Waals surface area (Å²) in [5.74, 6) is -0.120. The lowest BCUT2D eigenvalue weighted by Gasteiger charge is -2.43. The van der Waals surface area contributed by atoms with E-state index in [-0.39, 0.29) is 29.2 Å². The van der Waals surface area contributed by atoms with Crippen LogP contribution >= 0.6 is 11.6 Å². The number of carbonyl (C=O) groups is 2. The fraction of sp³-hybridized carbons (Fsp3) is 0.513. The second kappa shape index (κ2) is 15.7. The van der Waals surface area contributed by atoms with Crippen LogP contribution in [0.5, 0.6) is 5.75 Å². The molecule has 2 aromatic carbocycles. The Morgan fingerprint density at radius 3 is 2.69 bits per heavy atom.